The average molecular weight is 225 g/mol. The van der Waals surface area contributed by atoms with Gasteiger partial charge >= 0.3 is 0 Å². The van der Waals surface area contributed by atoms with Gasteiger partial charge in [-0.25, -0.2) is 9.37 Å². The molecule has 0 aliphatic rings. The first kappa shape index (κ1) is 10.0. The van der Waals surface area contributed by atoms with Gasteiger partial charge in [0.15, 0.2) is 0 Å². The first-order valence-electron chi connectivity index (χ1n) is 5.33. The zero-order chi connectivity index (χ0) is 11.8. The number of aryl methyl sites for hydroxylation is 1. The molecule has 83 valence electrons. The van der Waals surface area contributed by atoms with Crippen molar-refractivity contribution in [2.75, 3.05) is 0 Å². The van der Waals surface area contributed by atoms with Crippen molar-refractivity contribution in [3.05, 3.63) is 54.6 Å². The van der Waals surface area contributed by atoms with Crippen LogP contribution < -0.4 is 0 Å². The van der Waals surface area contributed by atoms with Crippen LogP contribution in [-0.2, 0) is 7.05 Å². The van der Waals surface area contributed by atoms with E-state index in [-0.39, 0.29) is 5.82 Å². The molecule has 0 amide bonds. The lowest BCUT2D eigenvalue weighted by atomic mass is 10.1. The SMILES string of the molecule is Cn1cnc2cc(-c3cc[c]c(F)c3)ccc21. The van der Waals surface area contributed by atoms with Gasteiger partial charge in [0.2, 0.25) is 0 Å². The van der Waals surface area contributed by atoms with E-state index in [4.69, 9.17) is 0 Å². The molecular weight excluding hydrogens is 215 g/mol. The fourth-order valence-electron chi connectivity index (χ4n) is 1.93. The number of rotatable bonds is 1. The molecule has 0 aliphatic heterocycles. The number of hydrogen-bond donors (Lipinski definition) is 0. The molecule has 0 N–H and O–H groups in total. The smallest absolute Gasteiger partial charge is 0.131 e. The van der Waals surface area contributed by atoms with Gasteiger partial charge in [0.05, 0.1) is 17.4 Å². The second-order valence-corrected chi connectivity index (χ2v) is 3.98. The first-order valence-corrected chi connectivity index (χ1v) is 5.33. The molecule has 2 aromatic carbocycles. The molecule has 0 unspecified atom stereocenters. The molecule has 3 aromatic rings. The molecule has 1 heterocycles. The number of fused-ring (bicyclic) bond motifs is 1. The van der Waals surface area contributed by atoms with Gasteiger partial charge in [-0.3, -0.25) is 0 Å². The minimum Gasteiger partial charge on any atom is -0.334 e. The molecule has 0 bridgehead atoms. The van der Waals surface area contributed by atoms with Crippen LogP contribution in [0.25, 0.3) is 22.2 Å². The molecule has 0 atom stereocenters. The number of aromatic nitrogens is 2. The van der Waals surface area contributed by atoms with Crippen LogP contribution in [-0.4, -0.2) is 9.55 Å². The lowest BCUT2D eigenvalue weighted by Crippen LogP contribution is -1.84. The van der Waals surface area contributed by atoms with E-state index in [1.54, 1.807) is 12.4 Å². The van der Waals surface area contributed by atoms with Crippen LogP contribution in [0.3, 0.4) is 0 Å². The monoisotopic (exact) mass is 225 g/mol. The average Bonchev–Trinajstić information content (AvgIpc) is 2.71. The predicted molar refractivity (Wildman–Crippen MR) is 64.9 cm³/mol. The highest BCUT2D eigenvalue weighted by atomic mass is 19.1. The molecule has 1 aromatic heterocycles. The van der Waals surface area contributed by atoms with Crippen molar-refractivity contribution >= 4 is 11.0 Å². The molecule has 17 heavy (non-hydrogen) atoms. The first-order chi connectivity index (χ1) is 8.24. The zero-order valence-corrected chi connectivity index (χ0v) is 9.31. The van der Waals surface area contributed by atoms with Crippen molar-refractivity contribution in [3.63, 3.8) is 0 Å². The van der Waals surface area contributed by atoms with Crippen LogP contribution in [0.1, 0.15) is 0 Å². The van der Waals surface area contributed by atoms with E-state index in [0.29, 0.717) is 0 Å². The second-order valence-electron chi connectivity index (χ2n) is 3.98. The Morgan fingerprint density at radius 2 is 2.00 bits per heavy atom. The summed E-state index contributed by atoms with van der Waals surface area (Å²) >= 11 is 0. The van der Waals surface area contributed by atoms with Gasteiger partial charge in [0, 0.05) is 13.1 Å². The van der Waals surface area contributed by atoms with E-state index in [1.165, 1.54) is 6.07 Å². The Balaban J connectivity index is 2.18. The summed E-state index contributed by atoms with van der Waals surface area (Å²) in [5.41, 5.74) is 3.79. The minimum atomic E-state index is -0.344. The van der Waals surface area contributed by atoms with Gasteiger partial charge < -0.3 is 4.57 Å². The van der Waals surface area contributed by atoms with Gasteiger partial charge in [-0.05, 0) is 29.3 Å². The summed E-state index contributed by atoms with van der Waals surface area (Å²) in [6.07, 6.45) is 1.77. The summed E-state index contributed by atoms with van der Waals surface area (Å²) < 4.78 is 15.1. The molecular formula is C14H10FN2. The summed E-state index contributed by atoms with van der Waals surface area (Å²) in [6.45, 7) is 0. The largest absolute Gasteiger partial charge is 0.334 e. The van der Waals surface area contributed by atoms with Gasteiger partial charge in [-0.2, -0.15) is 0 Å². The highest BCUT2D eigenvalue weighted by Gasteiger charge is 2.03. The van der Waals surface area contributed by atoms with Gasteiger partial charge in [0.25, 0.3) is 0 Å². The molecule has 0 saturated carbocycles. The van der Waals surface area contributed by atoms with E-state index in [1.807, 2.05) is 35.9 Å². The molecule has 2 nitrogen and oxygen atoms in total. The Kier molecular flexibility index (Phi) is 2.18. The maximum absolute atomic E-state index is 13.1. The van der Waals surface area contributed by atoms with Crippen molar-refractivity contribution < 1.29 is 4.39 Å². The number of nitrogens with zero attached hydrogens (tertiary/aromatic N) is 2. The van der Waals surface area contributed by atoms with Gasteiger partial charge in [-0.15, -0.1) is 0 Å². The third-order valence-corrected chi connectivity index (χ3v) is 2.83. The van der Waals surface area contributed by atoms with Crippen LogP contribution in [0.2, 0.25) is 0 Å². The summed E-state index contributed by atoms with van der Waals surface area (Å²) in [5, 5.41) is 0. The fraction of sp³-hybridized carbons (Fsp3) is 0.0714. The van der Waals surface area contributed by atoms with E-state index in [0.717, 1.165) is 22.2 Å². The van der Waals surface area contributed by atoms with Crippen molar-refractivity contribution in [2.24, 2.45) is 7.05 Å². The number of halogens is 1. The Labute approximate surface area is 98.3 Å². The standard InChI is InChI=1S/C14H10FN2/c1-17-9-16-13-8-11(5-6-14(13)17)10-3-2-4-12(15)7-10/h2-3,5-9H,1H3. The Hall–Kier alpha value is -2.16. The normalized spacial score (nSPS) is 10.9. The predicted octanol–water partition coefficient (Wildman–Crippen LogP) is 3.18. The van der Waals surface area contributed by atoms with Crippen LogP contribution in [0.5, 0.6) is 0 Å². The van der Waals surface area contributed by atoms with Gasteiger partial charge in [-0.1, -0.05) is 18.2 Å². The molecule has 3 heteroatoms. The third-order valence-electron chi connectivity index (χ3n) is 2.83. The zero-order valence-electron chi connectivity index (χ0n) is 9.31. The molecule has 1 radical (unpaired) electrons. The quantitative estimate of drug-likeness (QED) is 0.622. The highest BCUT2D eigenvalue weighted by molar-refractivity contribution is 5.82. The van der Waals surface area contributed by atoms with Crippen molar-refractivity contribution in [1.29, 1.82) is 0 Å². The lowest BCUT2D eigenvalue weighted by Gasteiger charge is -2.02. The van der Waals surface area contributed by atoms with Crippen molar-refractivity contribution in [2.45, 2.75) is 0 Å². The summed E-state index contributed by atoms with van der Waals surface area (Å²) in [5.74, 6) is -0.344. The number of benzene rings is 2. The van der Waals surface area contributed by atoms with Crippen LogP contribution >= 0.6 is 0 Å². The Morgan fingerprint density at radius 1 is 1.18 bits per heavy atom. The van der Waals surface area contributed by atoms with E-state index >= 15 is 0 Å². The highest BCUT2D eigenvalue weighted by Crippen LogP contribution is 2.23. The maximum atomic E-state index is 13.1. The van der Waals surface area contributed by atoms with Crippen LogP contribution in [0.15, 0.2) is 42.7 Å². The topological polar surface area (TPSA) is 17.8 Å². The van der Waals surface area contributed by atoms with E-state index in [9.17, 15) is 4.39 Å². The molecule has 0 saturated heterocycles. The molecule has 0 aliphatic carbocycles. The van der Waals surface area contributed by atoms with Crippen molar-refractivity contribution in [1.82, 2.24) is 9.55 Å². The van der Waals surface area contributed by atoms with E-state index in [2.05, 4.69) is 11.1 Å². The molecule has 0 spiro atoms. The lowest BCUT2D eigenvalue weighted by molar-refractivity contribution is 0.626. The van der Waals surface area contributed by atoms with Crippen molar-refractivity contribution in [3.8, 4) is 11.1 Å². The maximum Gasteiger partial charge on any atom is 0.131 e. The second kappa shape index (κ2) is 3.70. The number of hydrogen-bond acceptors (Lipinski definition) is 1. The fourth-order valence-corrected chi connectivity index (χ4v) is 1.93. The Morgan fingerprint density at radius 3 is 2.82 bits per heavy atom. The Bertz CT molecular complexity index is 686. The minimum absolute atomic E-state index is 0.344. The van der Waals surface area contributed by atoms with Crippen LogP contribution in [0, 0.1) is 11.9 Å². The molecule has 3 rings (SSSR count). The summed E-state index contributed by atoms with van der Waals surface area (Å²) in [4.78, 5) is 4.29. The summed E-state index contributed by atoms with van der Waals surface area (Å²) in [7, 11) is 1.95. The number of imidazole rings is 1. The van der Waals surface area contributed by atoms with Crippen LogP contribution in [0.4, 0.5) is 4.39 Å². The third kappa shape index (κ3) is 1.69. The van der Waals surface area contributed by atoms with E-state index < -0.39 is 0 Å². The molecule has 0 fully saturated rings. The summed E-state index contributed by atoms with van der Waals surface area (Å²) in [6, 6.07) is 13.3. The van der Waals surface area contributed by atoms with Gasteiger partial charge in [0.1, 0.15) is 5.82 Å².